The number of cyclic esters (lactones) is 1. The van der Waals surface area contributed by atoms with Crippen molar-refractivity contribution in [3.63, 3.8) is 0 Å². The van der Waals surface area contributed by atoms with E-state index in [4.69, 9.17) is 4.74 Å². The summed E-state index contributed by atoms with van der Waals surface area (Å²) in [6.45, 7) is 6.33. The Kier molecular flexibility index (Phi) is 5.92. The number of benzene rings is 2. The lowest BCUT2D eigenvalue weighted by molar-refractivity contribution is -0.0567. The first-order valence-electron chi connectivity index (χ1n) is 10.1. The molecule has 2 heterocycles. The molecule has 1 saturated heterocycles. The second-order valence-corrected chi connectivity index (χ2v) is 8.65. The van der Waals surface area contributed by atoms with Crippen LogP contribution in [0.5, 0.6) is 0 Å². The topological polar surface area (TPSA) is 29.5 Å². The first-order valence-corrected chi connectivity index (χ1v) is 11.0. The third-order valence-corrected chi connectivity index (χ3v) is 6.88. The van der Waals surface area contributed by atoms with E-state index in [2.05, 4.69) is 6.58 Å². The van der Waals surface area contributed by atoms with Crippen molar-refractivity contribution in [1.82, 2.24) is 4.90 Å². The van der Waals surface area contributed by atoms with Crippen LogP contribution in [-0.4, -0.2) is 17.5 Å². The number of ether oxygens (including phenoxy) is 1. The maximum Gasteiger partial charge on any atom is 0.411 e. The summed E-state index contributed by atoms with van der Waals surface area (Å²) in [7, 11) is 0. The van der Waals surface area contributed by atoms with E-state index in [1.165, 1.54) is 12.1 Å². The Labute approximate surface area is 184 Å². The van der Waals surface area contributed by atoms with Crippen LogP contribution in [0.2, 0.25) is 0 Å². The van der Waals surface area contributed by atoms with Gasteiger partial charge in [-0.15, -0.1) is 17.9 Å². The first-order chi connectivity index (χ1) is 14.9. The van der Waals surface area contributed by atoms with Crippen molar-refractivity contribution >= 4 is 17.4 Å². The Morgan fingerprint density at radius 2 is 2.00 bits per heavy atom. The molecule has 1 fully saturated rings. The molecule has 4 rings (SSSR count). The van der Waals surface area contributed by atoms with Crippen LogP contribution in [0.15, 0.2) is 72.6 Å². The van der Waals surface area contributed by atoms with Gasteiger partial charge in [0.25, 0.3) is 0 Å². The summed E-state index contributed by atoms with van der Waals surface area (Å²) >= 11 is 1.58. The zero-order chi connectivity index (χ0) is 22.0. The third-order valence-electron chi connectivity index (χ3n) is 5.82. The van der Waals surface area contributed by atoms with Crippen LogP contribution in [0.4, 0.5) is 13.6 Å². The van der Waals surface area contributed by atoms with E-state index in [1.54, 1.807) is 34.4 Å². The zero-order valence-electron chi connectivity index (χ0n) is 17.2. The van der Waals surface area contributed by atoms with E-state index in [9.17, 15) is 13.6 Å². The number of hydrogen-bond acceptors (Lipinski definition) is 3. The lowest BCUT2D eigenvalue weighted by Crippen LogP contribution is -2.48. The van der Waals surface area contributed by atoms with Gasteiger partial charge in [0.05, 0.1) is 6.04 Å². The molecule has 0 N–H and O–H groups in total. The third kappa shape index (κ3) is 4.12. The molecule has 0 bridgehead atoms. The van der Waals surface area contributed by atoms with Crippen LogP contribution < -0.4 is 0 Å². The van der Waals surface area contributed by atoms with E-state index in [0.29, 0.717) is 30.5 Å². The van der Waals surface area contributed by atoms with Gasteiger partial charge in [0.15, 0.2) is 5.60 Å². The Hall–Kier alpha value is -2.99. The summed E-state index contributed by atoms with van der Waals surface area (Å²) in [5, 5.41) is 1.98. The fraction of sp³-hybridized carbons (Fsp3) is 0.240. The maximum absolute atomic E-state index is 14.1. The highest BCUT2D eigenvalue weighted by Gasteiger charge is 2.43. The van der Waals surface area contributed by atoms with Gasteiger partial charge in [-0.1, -0.05) is 36.4 Å². The Morgan fingerprint density at radius 1 is 1.23 bits per heavy atom. The van der Waals surface area contributed by atoms with Crippen LogP contribution in [0.25, 0.3) is 11.1 Å². The molecule has 2 aromatic carbocycles. The monoisotopic (exact) mass is 439 g/mol. The fourth-order valence-corrected chi connectivity index (χ4v) is 4.96. The van der Waals surface area contributed by atoms with Gasteiger partial charge in [0, 0.05) is 35.9 Å². The quantitative estimate of drug-likeness (QED) is 0.385. The predicted octanol–water partition coefficient (Wildman–Crippen LogP) is 7.07. The summed E-state index contributed by atoms with van der Waals surface area (Å²) < 4.78 is 33.2. The largest absolute Gasteiger partial charge is 0.437 e. The summed E-state index contributed by atoms with van der Waals surface area (Å²) in [4.78, 5) is 15.7. The molecule has 1 aromatic heterocycles. The molecule has 3 nitrogen and oxygen atoms in total. The number of carbonyl (C=O) groups excluding carboxylic acids is 1. The van der Waals surface area contributed by atoms with Crippen molar-refractivity contribution in [3.8, 4) is 11.1 Å². The summed E-state index contributed by atoms with van der Waals surface area (Å²) in [5.41, 5.74) is 1.24. The van der Waals surface area contributed by atoms with Gasteiger partial charge in [0.2, 0.25) is 0 Å². The molecule has 31 heavy (non-hydrogen) atoms. The lowest BCUT2D eigenvalue weighted by Gasteiger charge is -2.42. The van der Waals surface area contributed by atoms with Crippen molar-refractivity contribution < 1.29 is 18.3 Å². The average Bonchev–Trinajstić information content (AvgIpc) is 3.30. The van der Waals surface area contributed by atoms with E-state index < -0.39 is 17.2 Å². The first kappa shape index (κ1) is 21.2. The molecule has 3 aromatic rings. The molecule has 1 aliphatic heterocycles. The molecule has 0 unspecified atom stereocenters. The van der Waals surface area contributed by atoms with Gasteiger partial charge in [-0.05, 0) is 41.6 Å². The van der Waals surface area contributed by atoms with Crippen molar-refractivity contribution in [3.05, 3.63) is 94.7 Å². The molecule has 1 aliphatic rings. The highest BCUT2D eigenvalue weighted by molar-refractivity contribution is 7.10. The second-order valence-electron chi connectivity index (χ2n) is 7.70. The molecule has 0 aliphatic carbocycles. The number of amides is 1. The van der Waals surface area contributed by atoms with E-state index in [-0.39, 0.29) is 12.1 Å². The molecule has 160 valence electrons. The van der Waals surface area contributed by atoms with Crippen molar-refractivity contribution in [2.24, 2.45) is 0 Å². The molecule has 0 saturated carbocycles. The Balaban J connectivity index is 1.52. The number of carbonyl (C=O) groups is 1. The maximum atomic E-state index is 14.1. The number of rotatable bonds is 6. The zero-order valence-corrected chi connectivity index (χ0v) is 18.0. The van der Waals surface area contributed by atoms with Crippen LogP contribution in [0, 0.1) is 11.6 Å². The van der Waals surface area contributed by atoms with E-state index in [0.717, 1.165) is 16.5 Å². The summed E-state index contributed by atoms with van der Waals surface area (Å²) in [6.07, 6.45) is 2.68. The van der Waals surface area contributed by atoms with Crippen molar-refractivity contribution in [2.75, 3.05) is 6.54 Å². The number of thiophene rings is 1. The normalized spacial score (nSPS) is 19.7. The minimum atomic E-state index is -0.660. The molecule has 6 heteroatoms. The highest BCUT2D eigenvalue weighted by Crippen LogP contribution is 2.41. The standard InChI is InChI=1S/C25H23F2NO2S/c1-3-12-25(23-5-4-15-31-23)13-14-28(24(29)30-25)17(2)18-6-8-19(9-7-18)21-11-10-20(26)16-22(21)27/h3-11,15-17H,1,12-14H2,2H3/t17-,25+/m0/s1. The van der Waals surface area contributed by atoms with Gasteiger partial charge in [-0.2, -0.15) is 0 Å². The van der Waals surface area contributed by atoms with Crippen LogP contribution in [-0.2, 0) is 10.3 Å². The minimum absolute atomic E-state index is 0.204. The van der Waals surface area contributed by atoms with Gasteiger partial charge in [0.1, 0.15) is 11.6 Å². The molecule has 0 radical (unpaired) electrons. The Morgan fingerprint density at radius 3 is 2.61 bits per heavy atom. The van der Waals surface area contributed by atoms with Gasteiger partial charge in [-0.3, -0.25) is 0 Å². The second kappa shape index (κ2) is 8.63. The number of hydrogen-bond donors (Lipinski definition) is 0. The lowest BCUT2D eigenvalue weighted by atomic mass is 9.91. The average molecular weight is 440 g/mol. The Bertz CT molecular complexity index is 1080. The number of halogens is 2. The summed E-state index contributed by atoms with van der Waals surface area (Å²) in [6, 6.07) is 14.6. The predicted molar refractivity (Wildman–Crippen MR) is 119 cm³/mol. The van der Waals surface area contributed by atoms with Gasteiger partial charge in [-0.25, -0.2) is 13.6 Å². The number of nitrogens with zero attached hydrogens (tertiary/aromatic N) is 1. The van der Waals surface area contributed by atoms with Crippen LogP contribution >= 0.6 is 11.3 Å². The highest BCUT2D eigenvalue weighted by atomic mass is 32.1. The smallest absolute Gasteiger partial charge is 0.411 e. The van der Waals surface area contributed by atoms with Crippen LogP contribution in [0.1, 0.15) is 36.2 Å². The molecule has 0 spiro atoms. The fourth-order valence-electron chi connectivity index (χ4n) is 4.05. The minimum Gasteiger partial charge on any atom is -0.437 e. The molecule has 1 amide bonds. The van der Waals surface area contributed by atoms with E-state index >= 15 is 0 Å². The van der Waals surface area contributed by atoms with Gasteiger partial charge >= 0.3 is 6.09 Å². The van der Waals surface area contributed by atoms with Crippen molar-refractivity contribution in [1.29, 1.82) is 0 Å². The molecular weight excluding hydrogens is 416 g/mol. The van der Waals surface area contributed by atoms with E-state index in [1.807, 2.05) is 36.6 Å². The van der Waals surface area contributed by atoms with Crippen molar-refractivity contribution in [2.45, 2.75) is 31.4 Å². The van der Waals surface area contributed by atoms with Gasteiger partial charge < -0.3 is 9.64 Å². The summed E-state index contributed by atoms with van der Waals surface area (Å²) in [5.74, 6) is -1.21. The van der Waals surface area contributed by atoms with Crippen LogP contribution in [0.3, 0.4) is 0 Å². The SMILES string of the molecule is C=CC[C@]1(c2cccs2)CCN([C@@H](C)c2ccc(-c3ccc(F)cc3F)cc2)C(=O)O1. The molecule has 2 atom stereocenters. The molecular formula is C25H23F2NO2S.